The van der Waals surface area contributed by atoms with Gasteiger partial charge in [0.15, 0.2) is 0 Å². The van der Waals surface area contributed by atoms with Gasteiger partial charge in [-0.25, -0.2) is 0 Å². The molecule has 27 heavy (non-hydrogen) atoms. The summed E-state index contributed by atoms with van der Waals surface area (Å²) >= 11 is 1.26. The molecule has 0 aliphatic carbocycles. The Balaban J connectivity index is 2.34. The Hall–Kier alpha value is -0.633. The van der Waals surface area contributed by atoms with Crippen LogP contribution in [0.3, 0.4) is 0 Å². The third-order valence-corrected chi connectivity index (χ3v) is 11.2. The number of amides is 1. The van der Waals surface area contributed by atoms with Crippen LogP contribution in [0.4, 0.5) is 0 Å². The zero-order valence-electron chi connectivity index (χ0n) is 17.2. The molecular formula is C18H32N2O5SSi. The molecule has 0 saturated carbocycles. The quantitative estimate of drug-likeness (QED) is 0.681. The summed E-state index contributed by atoms with van der Waals surface area (Å²) in [5.41, 5.74) is -0.532. The van der Waals surface area contributed by atoms with Crippen LogP contribution in [-0.4, -0.2) is 61.7 Å². The molecule has 2 heterocycles. The number of aliphatic hydroxyl groups excluding tert-OH is 1. The van der Waals surface area contributed by atoms with Gasteiger partial charge in [0.2, 0.25) is 5.91 Å². The monoisotopic (exact) mass is 416 g/mol. The van der Waals surface area contributed by atoms with Gasteiger partial charge in [0.05, 0.1) is 24.5 Å². The number of nitrogens with zero attached hydrogens (tertiary/aromatic N) is 1. The van der Waals surface area contributed by atoms with E-state index in [1.54, 1.807) is 0 Å². The highest BCUT2D eigenvalue weighted by Gasteiger charge is 2.64. The fourth-order valence-corrected chi connectivity index (χ4v) is 10.0. The Labute approximate surface area is 167 Å². The van der Waals surface area contributed by atoms with Gasteiger partial charge in [0, 0.05) is 17.0 Å². The van der Waals surface area contributed by atoms with E-state index in [0.29, 0.717) is 6.61 Å². The Bertz CT molecular complexity index is 584. The molecule has 2 unspecified atom stereocenters. The fourth-order valence-electron chi connectivity index (χ4n) is 4.19. The summed E-state index contributed by atoms with van der Waals surface area (Å²) in [5, 5.41) is 22.3. The van der Waals surface area contributed by atoms with Crippen molar-refractivity contribution in [3.63, 3.8) is 0 Å². The molecule has 0 aromatic rings. The molecule has 2 aliphatic rings. The molecule has 7 nitrogen and oxygen atoms in total. The second-order valence-electron chi connectivity index (χ2n) is 9.24. The van der Waals surface area contributed by atoms with E-state index in [2.05, 4.69) is 52.9 Å². The minimum Gasteiger partial charge on any atom is -0.391 e. The normalized spacial score (nSPS) is 33.7. The van der Waals surface area contributed by atoms with Crippen molar-refractivity contribution in [1.82, 2.24) is 5.32 Å². The maximum absolute atomic E-state index is 11.7. The second kappa shape index (κ2) is 8.01. The van der Waals surface area contributed by atoms with Crippen LogP contribution in [0.25, 0.3) is 0 Å². The van der Waals surface area contributed by atoms with E-state index in [4.69, 9.17) is 18.9 Å². The molecule has 0 aromatic heterocycles. The average Bonchev–Trinajstić information content (AvgIpc) is 2.53. The van der Waals surface area contributed by atoms with E-state index in [9.17, 15) is 9.90 Å². The summed E-state index contributed by atoms with van der Waals surface area (Å²) in [7, 11) is -2.76. The van der Waals surface area contributed by atoms with Crippen molar-refractivity contribution < 1.29 is 23.5 Å². The van der Waals surface area contributed by atoms with Crippen LogP contribution >= 0.6 is 11.8 Å². The van der Waals surface area contributed by atoms with Crippen LogP contribution in [-0.2, 0) is 18.4 Å². The van der Waals surface area contributed by atoms with E-state index in [0.717, 1.165) is 0 Å². The number of aliphatic hydroxyl groups is 1. The van der Waals surface area contributed by atoms with Crippen molar-refractivity contribution >= 4 is 26.2 Å². The number of fused-ring (bicyclic) bond motifs is 1. The Morgan fingerprint density at radius 2 is 1.89 bits per heavy atom. The number of nitriles is 1. The van der Waals surface area contributed by atoms with Crippen LogP contribution in [0.1, 0.15) is 48.5 Å². The highest BCUT2D eigenvalue weighted by atomic mass is 32.2. The Kier molecular flexibility index (Phi) is 6.72. The van der Waals surface area contributed by atoms with Gasteiger partial charge in [0.25, 0.3) is 0 Å². The summed E-state index contributed by atoms with van der Waals surface area (Å²) in [5.74, 6) is -0.0548. The molecule has 5 atom stereocenters. The van der Waals surface area contributed by atoms with Crippen molar-refractivity contribution in [2.75, 3.05) is 12.4 Å². The fraction of sp³-hybridized carbons (Fsp3) is 0.889. The van der Waals surface area contributed by atoms with Gasteiger partial charge in [-0.05, 0) is 0 Å². The number of carbonyl (C=O) groups excluding carboxylic acids is 1. The molecule has 154 valence electrons. The molecule has 0 spiro atoms. The Morgan fingerprint density at radius 3 is 2.37 bits per heavy atom. The van der Waals surface area contributed by atoms with E-state index in [1.165, 1.54) is 18.7 Å². The number of hydrogen-bond acceptors (Lipinski definition) is 7. The zero-order chi connectivity index (χ0) is 20.6. The maximum atomic E-state index is 11.7. The number of nitrogens with one attached hydrogen (secondary N) is 1. The van der Waals surface area contributed by atoms with Gasteiger partial charge < -0.3 is 24.0 Å². The lowest BCUT2D eigenvalue weighted by Gasteiger charge is -2.57. The standard InChI is InChI=1S/C18H32N2O5SSi/c1-11(21)20-13-14(22)15-12(24-16(13)26-9-8-19)10-23-27(25-15,17(2,3)4)18(5,6)7/h12-16,22H,9-10H2,1-7H3,(H,20,21)/t12?,13?,14-,15-,16+/m1/s1. The van der Waals surface area contributed by atoms with Gasteiger partial charge in [0.1, 0.15) is 23.7 Å². The highest BCUT2D eigenvalue weighted by Crippen LogP contribution is 2.55. The first-order valence-electron chi connectivity index (χ1n) is 9.25. The van der Waals surface area contributed by atoms with Crippen molar-refractivity contribution in [1.29, 1.82) is 5.26 Å². The molecule has 2 aliphatic heterocycles. The third kappa shape index (κ3) is 4.36. The third-order valence-electron chi connectivity index (χ3n) is 5.08. The van der Waals surface area contributed by atoms with E-state index >= 15 is 0 Å². The smallest absolute Gasteiger partial charge is 0.349 e. The van der Waals surface area contributed by atoms with E-state index in [-0.39, 0.29) is 21.7 Å². The van der Waals surface area contributed by atoms with E-state index in [1.807, 2.05) is 0 Å². The lowest BCUT2D eigenvalue weighted by atomic mass is 9.98. The van der Waals surface area contributed by atoms with Gasteiger partial charge in [-0.1, -0.05) is 41.5 Å². The summed E-state index contributed by atoms with van der Waals surface area (Å²) in [6, 6.07) is 1.42. The summed E-state index contributed by atoms with van der Waals surface area (Å²) in [4.78, 5) is 11.7. The number of rotatable bonds is 3. The van der Waals surface area contributed by atoms with Crippen LogP contribution < -0.4 is 5.32 Å². The van der Waals surface area contributed by atoms with Crippen molar-refractivity contribution in [3.8, 4) is 6.07 Å². The molecule has 0 aromatic carbocycles. The van der Waals surface area contributed by atoms with Crippen molar-refractivity contribution in [2.45, 2.75) is 88.3 Å². The molecule has 2 rings (SSSR count). The second-order valence-corrected chi connectivity index (χ2v) is 15.1. The van der Waals surface area contributed by atoms with Gasteiger partial charge in [-0.15, -0.1) is 11.8 Å². The summed E-state index contributed by atoms with van der Waals surface area (Å²) in [6.45, 7) is 14.4. The summed E-state index contributed by atoms with van der Waals surface area (Å²) in [6.07, 6.45) is -1.96. The zero-order valence-corrected chi connectivity index (χ0v) is 19.1. The predicted molar refractivity (Wildman–Crippen MR) is 106 cm³/mol. The van der Waals surface area contributed by atoms with Gasteiger partial charge in [-0.2, -0.15) is 5.26 Å². The Morgan fingerprint density at radius 1 is 1.30 bits per heavy atom. The van der Waals surface area contributed by atoms with Crippen LogP contribution in [0.15, 0.2) is 0 Å². The molecule has 2 fully saturated rings. The molecule has 1 amide bonds. The number of ether oxygens (including phenoxy) is 1. The van der Waals surface area contributed by atoms with Gasteiger partial charge >= 0.3 is 8.56 Å². The first-order chi connectivity index (χ1) is 12.3. The molecule has 9 heteroatoms. The van der Waals surface area contributed by atoms with Crippen molar-refractivity contribution in [3.05, 3.63) is 0 Å². The molecular weight excluding hydrogens is 384 g/mol. The SMILES string of the molecule is CC(=O)NC1[C@@H](O)[C@@H]2O[Si](C(C)(C)C)(C(C)(C)C)OCC2O[C@H]1SCC#N. The molecule has 2 saturated heterocycles. The van der Waals surface area contributed by atoms with Gasteiger partial charge in [-0.3, -0.25) is 4.79 Å². The minimum atomic E-state index is -2.76. The lowest BCUT2D eigenvalue weighted by Crippen LogP contribution is -2.72. The summed E-state index contributed by atoms with van der Waals surface area (Å²) < 4.78 is 19.1. The predicted octanol–water partition coefficient (Wildman–Crippen LogP) is 2.29. The number of thioether (sulfide) groups is 1. The highest BCUT2D eigenvalue weighted by molar-refractivity contribution is 8.00. The first-order valence-corrected chi connectivity index (χ1v) is 12.1. The van der Waals surface area contributed by atoms with E-state index < -0.39 is 38.4 Å². The maximum Gasteiger partial charge on any atom is 0.349 e. The molecule has 2 N–H and O–H groups in total. The van der Waals surface area contributed by atoms with Crippen molar-refractivity contribution in [2.24, 2.45) is 0 Å². The molecule has 0 radical (unpaired) electrons. The first kappa shape index (κ1) is 22.7. The largest absolute Gasteiger partial charge is 0.391 e. The lowest BCUT2D eigenvalue weighted by molar-refractivity contribution is -0.195. The van der Waals surface area contributed by atoms with Crippen LogP contribution in [0, 0.1) is 11.3 Å². The van der Waals surface area contributed by atoms with Crippen LogP contribution in [0.2, 0.25) is 10.1 Å². The number of hydrogen-bond donors (Lipinski definition) is 2. The topological polar surface area (TPSA) is 101 Å². The number of carbonyl (C=O) groups is 1. The average molecular weight is 417 g/mol. The van der Waals surface area contributed by atoms with Crippen LogP contribution in [0.5, 0.6) is 0 Å². The molecule has 0 bridgehead atoms. The minimum absolute atomic E-state index is 0.204.